The van der Waals surface area contributed by atoms with Crippen molar-refractivity contribution in [2.75, 3.05) is 0 Å². The Morgan fingerprint density at radius 2 is 2.00 bits per heavy atom. The van der Waals surface area contributed by atoms with E-state index >= 15 is 0 Å². The van der Waals surface area contributed by atoms with E-state index in [1.807, 2.05) is 19.1 Å². The van der Waals surface area contributed by atoms with Crippen LogP contribution in [0, 0.1) is 12.7 Å². The number of nitrogens with two attached hydrogens (primary N) is 1. The molecule has 1 atom stereocenters. The summed E-state index contributed by atoms with van der Waals surface area (Å²) in [7, 11) is 0. The van der Waals surface area contributed by atoms with E-state index in [4.69, 9.17) is 5.84 Å². The molecule has 0 saturated heterocycles. The molecule has 0 saturated carbocycles. The van der Waals surface area contributed by atoms with Crippen LogP contribution in [0.3, 0.4) is 0 Å². The van der Waals surface area contributed by atoms with Crippen molar-refractivity contribution in [1.82, 2.24) is 5.43 Å². The molecule has 0 aliphatic rings. The van der Waals surface area contributed by atoms with Crippen molar-refractivity contribution in [3.63, 3.8) is 0 Å². The zero-order valence-corrected chi connectivity index (χ0v) is 12.0. The number of hydrogen-bond donors (Lipinski definition) is 2. The van der Waals surface area contributed by atoms with Crippen LogP contribution in [0.25, 0.3) is 0 Å². The Hall–Kier alpha value is -1.71. The van der Waals surface area contributed by atoms with Crippen LogP contribution in [-0.4, -0.2) is 0 Å². The first kappa shape index (κ1) is 14.7. The number of hydrazine groups is 1. The van der Waals surface area contributed by atoms with Gasteiger partial charge in [-0.25, -0.2) is 9.82 Å². The fourth-order valence-electron chi connectivity index (χ4n) is 2.50. The van der Waals surface area contributed by atoms with E-state index in [1.165, 1.54) is 11.6 Å². The molecule has 0 radical (unpaired) electrons. The van der Waals surface area contributed by atoms with Gasteiger partial charge in [0, 0.05) is 0 Å². The molecule has 2 aromatic rings. The molecule has 0 aliphatic carbocycles. The number of benzene rings is 2. The van der Waals surface area contributed by atoms with Gasteiger partial charge in [-0.1, -0.05) is 43.7 Å². The average molecular weight is 272 g/mol. The summed E-state index contributed by atoms with van der Waals surface area (Å²) in [6.45, 7) is 4.12. The van der Waals surface area contributed by atoms with E-state index < -0.39 is 0 Å². The van der Waals surface area contributed by atoms with Crippen molar-refractivity contribution in [2.45, 2.75) is 32.7 Å². The Bertz CT molecular complexity index is 581. The molecule has 2 rings (SSSR count). The zero-order chi connectivity index (χ0) is 14.5. The number of halogens is 1. The number of nitrogens with one attached hydrogen (secondary N) is 1. The first-order valence-electron chi connectivity index (χ1n) is 6.96. The van der Waals surface area contributed by atoms with Gasteiger partial charge >= 0.3 is 0 Å². The van der Waals surface area contributed by atoms with Crippen LogP contribution < -0.4 is 11.3 Å². The smallest absolute Gasteiger partial charge is 0.123 e. The summed E-state index contributed by atoms with van der Waals surface area (Å²) in [5.74, 6) is 5.47. The van der Waals surface area contributed by atoms with Crippen LogP contribution in [0.5, 0.6) is 0 Å². The van der Waals surface area contributed by atoms with Gasteiger partial charge in [-0.3, -0.25) is 5.84 Å². The summed E-state index contributed by atoms with van der Waals surface area (Å²) in [6, 6.07) is 12.9. The van der Waals surface area contributed by atoms with E-state index in [0.717, 1.165) is 29.5 Å². The van der Waals surface area contributed by atoms with Gasteiger partial charge in [-0.15, -0.1) is 0 Å². The number of rotatable bonds is 5. The maximum absolute atomic E-state index is 13.5. The molecule has 2 aromatic carbocycles. The minimum Gasteiger partial charge on any atom is -0.271 e. The highest BCUT2D eigenvalue weighted by atomic mass is 19.1. The summed E-state index contributed by atoms with van der Waals surface area (Å²) in [5, 5.41) is 0. The Labute approximate surface area is 119 Å². The molecule has 0 fully saturated rings. The highest BCUT2D eigenvalue weighted by Gasteiger charge is 2.15. The van der Waals surface area contributed by atoms with Gasteiger partial charge in [0.25, 0.3) is 0 Å². The highest BCUT2D eigenvalue weighted by Crippen LogP contribution is 2.26. The molecule has 3 N–H and O–H groups in total. The van der Waals surface area contributed by atoms with Crippen LogP contribution in [-0.2, 0) is 6.42 Å². The van der Waals surface area contributed by atoms with E-state index in [9.17, 15) is 4.39 Å². The first-order valence-corrected chi connectivity index (χ1v) is 6.96. The predicted molar refractivity (Wildman–Crippen MR) is 80.7 cm³/mol. The van der Waals surface area contributed by atoms with Gasteiger partial charge in [0.05, 0.1) is 6.04 Å². The SMILES string of the molecule is CCCc1cccc(C(NN)c2cc(F)ccc2C)c1. The van der Waals surface area contributed by atoms with E-state index in [2.05, 4.69) is 24.5 Å². The van der Waals surface area contributed by atoms with Crippen LogP contribution in [0.4, 0.5) is 4.39 Å². The Balaban J connectivity index is 2.41. The van der Waals surface area contributed by atoms with Crippen LogP contribution in [0.2, 0.25) is 0 Å². The molecule has 106 valence electrons. The first-order chi connectivity index (χ1) is 9.65. The standard InChI is InChI=1S/C17H21FN2/c1-3-5-13-6-4-7-14(10-13)17(20-19)16-11-15(18)9-8-12(16)2/h4,6-11,17,20H,3,5,19H2,1-2H3. The lowest BCUT2D eigenvalue weighted by Crippen LogP contribution is -2.29. The molecule has 1 unspecified atom stereocenters. The largest absolute Gasteiger partial charge is 0.271 e. The predicted octanol–water partition coefficient (Wildman–Crippen LogP) is 3.64. The lowest BCUT2D eigenvalue weighted by molar-refractivity contribution is 0.602. The Kier molecular flexibility index (Phi) is 4.88. The third-order valence-electron chi connectivity index (χ3n) is 3.54. The summed E-state index contributed by atoms with van der Waals surface area (Å²) in [4.78, 5) is 0. The van der Waals surface area contributed by atoms with Crippen LogP contribution >= 0.6 is 0 Å². The van der Waals surface area contributed by atoms with E-state index in [-0.39, 0.29) is 11.9 Å². The second kappa shape index (κ2) is 6.64. The molecule has 0 amide bonds. The third kappa shape index (κ3) is 3.24. The molecular formula is C17H21FN2. The minimum absolute atomic E-state index is 0.192. The summed E-state index contributed by atoms with van der Waals surface area (Å²) >= 11 is 0. The van der Waals surface area contributed by atoms with Crippen molar-refractivity contribution in [1.29, 1.82) is 0 Å². The summed E-state index contributed by atoms with van der Waals surface area (Å²) in [6.07, 6.45) is 2.14. The lowest BCUT2D eigenvalue weighted by atomic mass is 9.93. The molecule has 2 nitrogen and oxygen atoms in total. The minimum atomic E-state index is -0.240. The second-order valence-electron chi connectivity index (χ2n) is 5.10. The van der Waals surface area contributed by atoms with Gasteiger partial charge in [-0.05, 0) is 47.7 Å². The van der Waals surface area contributed by atoms with Gasteiger partial charge in [0.15, 0.2) is 0 Å². The van der Waals surface area contributed by atoms with E-state index in [1.54, 1.807) is 12.1 Å². The monoisotopic (exact) mass is 272 g/mol. The molecule has 3 heteroatoms. The molecule has 20 heavy (non-hydrogen) atoms. The lowest BCUT2D eigenvalue weighted by Gasteiger charge is -2.20. The van der Waals surface area contributed by atoms with Crippen molar-refractivity contribution >= 4 is 0 Å². The topological polar surface area (TPSA) is 38.0 Å². The summed E-state index contributed by atoms with van der Waals surface area (Å²) < 4.78 is 13.5. The van der Waals surface area contributed by atoms with Crippen molar-refractivity contribution in [2.24, 2.45) is 5.84 Å². The molecule has 0 bridgehead atoms. The average Bonchev–Trinajstić information content (AvgIpc) is 2.44. The van der Waals surface area contributed by atoms with Gasteiger partial charge in [-0.2, -0.15) is 0 Å². The van der Waals surface area contributed by atoms with Gasteiger partial charge < -0.3 is 0 Å². The van der Waals surface area contributed by atoms with Gasteiger partial charge in [0.2, 0.25) is 0 Å². The molecule has 0 heterocycles. The Morgan fingerprint density at radius 1 is 1.20 bits per heavy atom. The molecule has 0 aromatic heterocycles. The zero-order valence-electron chi connectivity index (χ0n) is 12.0. The third-order valence-corrected chi connectivity index (χ3v) is 3.54. The molecular weight excluding hydrogens is 251 g/mol. The quantitative estimate of drug-likeness (QED) is 0.644. The van der Waals surface area contributed by atoms with E-state index in [0.29, 0.717) is 0 Å². The normalized spacial score (nSPS) is 12.4. The van der Waals surface area contributed by atoms with Crippen molar-refractivity contribution in [3.05, 3.63) is 70.5 Å². The summed E-state index contributed by atoms with van der Waals surface area (Å²) in [5.41, 5.74) is 7.04. The fraction of sp³-hybridized carbons (Fsp3) is 0.294. The van der Waals surface area contributed by atoms with Gasteiger partial charge in [0.1, 0.15) is 5.82 Å². The Morgan fingerprint density at radius 3 is 2.70 bits per heavy atom. The fourth-order valence-corrected chi connectivity index (χ4v) is 2.50. The number of aryl methyl sites for hydroxylation is 2. The van der Waals surface area contributed by atoms with Crippen molar-refractivity contribution < 1.29 is 4.39 Å². The maximum atomic E-state index is 13.5. The van der Waals surface area contributed by atoms with Crippen LogP contribution in [0.15, 0.2) is 42.5 Å². The maximum Gasteiger partial charge on any atom is 0.123 e. The number of hydrogen-bond acceptors (Lipinski definition) is 2. The van der Waals surface area contributed by atoms with Crippen molar-refractivity contribution in [3.8, 4) is 0 Å². The highest BCUT2D eigenvalue weighted by molar-refractivity contribution is 5.38. The molecule has 0 spiro atoms. The second-order valence-corrected chi connectivity index (χ2v) is 5.10. The molecule has 0 aliphatic heterocycles. The van der Waals surface area contributed by atoms with Crippen LogP contribution in [0.1, 0.15) is 41.6 Å².